The molecule has 1 amide bonds. The zero-order valence-electron chi connectivity index (χ0n) is 15.0. The van der Waals surface area contributed by atoms with Gasteiger partial charge in [-0.25, -0.2) is 0 Å². The molecule has 0 radical (unpaired) electrons. The van der Waals surface area contributed by atoms with Gasteiger partial charge in [-0.3, -0.25) is 4.79 Å². The van der Waals surface area contributed by atoms with Gasteiger partial charge >= 0.3 is 0 Å². The summed E-state index contributed by atoms with van der Waals surface area (Å²) in [4.78, 5) is 19.3. The Kier molecular flexibility index (Phi) is 5.34. The normalized spacial score (nSPS) is 24.8. The highest BCUT2D eigenvalue weighted by Gasteiger charge is 2.33. The highest BCUT2D eigenvalue weighted by atomic mass is 16.5. The van der Waals surface area contributed by atoms with Gasteiger partial charge in [0, 0.05) is 32.0 Å². The predicted octanol–water partition coefficient (Wildman–Crippen LogP) is 2.93. The van der Waals surface area contributed by atoms with Crippen LogP contribution in [0.1, 0.15) is 69.0 Å². The Balaban J connectivity index is 1.27. The minimum atomic E-state index is 0.188. The van der Waals surface area contributed by atoms with E-state index in [2.05, 4.69) is 10.1 Å². The number of hydrogen-bond donors (Lipinski definition) is 0. The molecule has 0 bridgehead atoms. The summed E-state index contributed by atoms with van der Waals surface area (Å²) < 4.78 is 11.1. The van der Waals surface area contributed by atoms with Crippen molar-refractivity contribution in [3.8, 4) is 0 Å². The van der Waals surface area contributed by atoms with E-state index >= 15 is 0 Å². The molecule has 1 unspecified atom stereocenters. The zero-order chi connectivity index (χ0) is 17.1. The first-order valence-electron chi connectivity index (χ1n) is 9.98. The number of aromatic nitrogens is 2. The van der Waals surface area contributed by atoms with Crippen LogP contribution in [0, 0.1) is 11.8 Å². The molecule has 1 aliphatic heterocycles. The van der Waals surface area contributed by atoms with Crippen molar-refractivity contribution in [3.05, 3.63) is 11.7 Å². The average Bonchev–Trinajstić information content (AvgIpc) is 3.13. The summed E-state index contributed by atoms with van der Waals surface area (Å²) in [5, 5.41) is 4.10. The molecule has 1 saturated heterocycles. The van der Waals surface area contributed by atoms with Crippen molar-refractivity contribution in [2.75, 3.05) is 26.3 Å². The van der Waals surface area contributed by atoms with Crippen molar-refractivity contribution in [2.24, 2.45) is 11.8 Å². The van der Waals surface area contributed by atoms with E-state index in [1.807, 2.05) is 4.90 Å². The molecular formula is C19H29N3O3. The lowest BCUT2D eigenvalue weighted by Crippen LogP contribution is -2.41. The van der Waals surface area contributed by atoms with Crippen LogP contribution in [-0.4, -0.2) is 47.3 Å². The van der Waals surface area contributed by atoms with Gasteiger partial charge in [0.25, 0.3) is 0 Å². The number of rotatable bonds is 7. The molecule has 0 aromatic carbocycles. The molecule has 1 aromatic heterocycles. The third-order valence-electron chi connectivity index (χ3n) is 5.79. The summed E-state index contributed by atoms with van der Waals surface area (Å²) >= 11 is 0. The number of carbonyl (C=O) groups is 1. The molecule has 2 aliphatic carbocycles. The molecule has 6 nitrogen and oxygen atoms in total. The van der Waals surface area contributed by atoms with Crippen LogP contribution in [0.2, 0.25) is 0 Å². The maximum Gasteiger partial charge on any atom is 0.231 e. The number of amides is 1. The number of likely N-dealkylation sites (tertiary alicyclic amines) is 1. The smallest absolute Gasteiger partial charge is 0.231 e. The van der Waals surface area contributed by atoms with Crippen LogP contribution in [0.3, 0.4) is 0 Å². The molecule has 1 atom stereocenters. The van der Waals surface area contributed by atoms with Crippen LogP contribution < -0.4 is 0 Å². The Hall–Kier alpha value is -1.43. The predicted molar refractivity (Wildman–Crippen MR) is 92.1 cm³/mol. The zero-order valence-corrected chi connectivity index (χ0v) is 15.0. The molecule has 3 fully saturated rings. The fourth-order valence-electron chi connectivity index (χ4n) is 4.04. The van der Waals surface area contributed by atoms with E-state index in [0.717, 1.165) is 57.1 Å². The second-order valence-corrected chi connectivity index (χ2v) is 7.92. The van der Waals surface area contributed by atoms with Gasteiger partial charge in [-0.05, 0) is 44.4 Å². The minimum absolute atomic E-state index is 0.188. The fourth-order valence-corrected chi connectivity index (χ4v) is 4.04. The fraction of sp³-hybridized carbons (Fsp3) is 0.842. The summed E-state index contributed by atoms with van der Waals surface area (Å²) in [6, 6.07) is 0. The Morgan fingerprint density at radius 1 is 1.16 bits per heavy atom. The van der Waals surface area contributed by atoms with Gasteiger partial charge in [0.1, 0.15) is 0 Å². The molecule has 1 aromatic rings. The first kappa shape index (κ1) is 17.0. The Morgan fingerprint density at radius 2 is 2.00 bits per heavy atom. The Labute approximate surface area is 149 Å². The van der Waals surface area contributed by atoms with Gasteiger partial charge < -0.3 is 14.2 Å². The van der Waals surface area contributed by atoms with Crippen molar-refractivity contribution in [2.45, 2.75) is 63.7 Å². The van der Waals surface area contributed by atoms with Gasteiger partial charge in [0.15, 0.2) is 5.82 Å². The van der Waals surface area contributed by atoms with Crippen LogP contribution in [-0.2, 0) is 16.0 Å². The van der Waals surface area contributed by atoms with Crippen LogP contribution in [0.25, 0.3) is 0 Å². The molecule has 4 rings (SSSR count). The molecule has 2 heterocycles. The summed E-state index contributed by atoms with van der Waals surface area (Å²) in [6.45, 7) is 3.13. The van der Waals surface area contributed by atoms with E-state index in [-0.39, 0.29) is 11.8 Å². The van der Waals surface area contributed by atoms with Crippen molar-refractivity contribution in [1.82, 2.24) is 15.0 Å². The lowest BCUT2D eigenvalue weighted by Gasteiger charge is -2.32. The number of hydrogen-bond acceptors (Lipinski definition) is 5. The van der Waals surface area contributed by atoms with Gasteiger partial charge in [0.2, 0.25) is 11.8 Å². The first-order valence-corrected chi connectivity index (χ1v) is 9.98. The highest BCUT2D eigenvalue weighted by molar-refractivity contribution is 5.79. The van der Waals surface area contributed by atoms with Crippen LogP contribution >= 0.6 is 0 Å². The number of piperidine rings is 1. The van der Waals surface area contributed by atoms with Gasteiger partial charge in [-0.15, -0.1) is 0 Å². The SMILES string of the molecule is O=C(C1CCCC1)N1CCCC(c2nc(CCOCC3CC3)no2)C1. The van der Waals surface area contributed by atoms with Crippen LogP contribution in [0.5, 0.6) is 0 Å². The highest BCUT2D eigenvalue weighted by Crippen LogP contribution is 2.31. The third-order valence-corrected chi connectivity index (χ3v) is 5.79. The second kappa shape index (κ2) is 7.85. The monoisotopic (exact) mass is 347 g/mol. The van der Waals surface area contributed by atoms with Gasteiger partial charge in [-0.2, -0.15) is 4.98 Å². The summed E-state index contributed by atoms with van der Waals surface area (Å²) in [7, 11) is 0. The number of nitrogens with zero attached hydrogens (tertiary/aromatic N) is 3. The van der Waals surface area contributed by atoms with Crippen molar-refractivity contribution >= 4 is 5.91 Å². The van der Waals surface area contributed by atoms with Crippen molar-refractivity contribution in [3.63, 3.8) is 0 Å². The number of carbonyl (C=O) groups excluding carboxylic acids is 1. The van der Waals surface area contributed by atoms with E-state index in [1.165, 1.54) is 25.7 Å². The Bertz CT molecular complexity index is 578. The maximum atomic E-state index is 12.7. The molecule has 138 valence electrons. The van der Waals surface area contributed by atoms with Gasteiger partial charge in [-0.1, -0.05) is 18.0 Å². The van der Waals surface area contributed by atoms with Crippen molar-refractivity contribution < 1.29 is 14.1 Å². The summed E-state index contributed by atoms with van der Waals surface area (Å²) in [5.74, 6) is 2.99. The minimum Gasteiger partial charge on any atom is -0.381 e. The molecule has 0 spiro atoms. The number of ether oxygens (including phenoxy) is 1. The molecular weight excluding hydrogens is 318 g/mol. The molecule has 3 aliphatic rings. The molecule has 25 heavy (non-hydrogen) atoms. The topological polar surface area (TPSA) is 68.5 Å². The van der Waals surface area contributed by atoms with E-state index in [1.54, 1.807) is 0 Å². The van der Waals surface area contributed by atoms with Crippen LogP contribution in [0.15, 0.2) is 4.52 Å². The third kappa shape index (κ3) is 4.40. The first-order chi connectivity index (χ1) is 12.3. The lowest BCUT2D eigenvalue weighted by molar-refractivity contribution is -0.136. The average molecular weight is 347 g/mol. The van der Waals surface area contributed by atoms with E-state index < -0.39 is 0 Å². The molecule has 2 saturated carbocycles. The lowest BCUT2D eigenvalue weighted by atomic mass is 9.96. The standard InChI is InChI=1S/C19H29N3O3/c23-19(15-4-1-2-5-15)22-10-3-6-16(12-22)18-20-17(21-25-18)9-11-24-13-14-7-8-14/h14-16H,1-13H2. The van der Waals surface area contributed by atoms with Crippen molar-refractivity contribution in [1.29, 1.82) is 0 Å². The van der Waals surface area contributed by atoms with Gasteiger partial charge in [0.05, 0.1) is 12.5 Å². The largest absolute Gasteiger partial charge is 0.381 e. The maximum absolute atomic E-state index is 12.7. The quantitative estimate of drug-likeness (QED) is 0.709. The van der Waals surface area contributed by atoms with E-state index in [4.69, 9.17) is 9.26 Å². The van der Waals surface area contributed by atoms with Crippen LogP contribution in [0.4, 0.5) is 0 Å². The second-order valence-electron chi connectivity index (χ2n) is 7.92. The van der Waals surface area contributed by atoms with E-state index in [9.17, 15) is 4.79 Å². The molecule has 6 heteroatoms. The molecule has 0 N–H and O–H groups in total. The Morgan fingerprint density at radius 3 is 2.80 bits per heavy atom. The summed E-state index contributed by atoms with van der Waals surface area (Å²) in [6.07, 6.45) is 9.88. The van der Waals surface area contributed by atoms with E-state index in [0.29, 0.717) is 24.8 Å². The summed E-state index contributed by atoms with van der Waals surface area (Å²) in [5.41, 5.74) is 0.